The fraction of sp³-hybridized carbons (Fsp3) is 0.938. The average Bonchev–Trinajstić information content (AvgIpc) is 3.02. The summed E-state index contributed by atoms with van der Waals surface area (Å²) in [4.78, 5) is 14.3. The van der Waals surface area contributed by atoms with E-state index < -0.39 is 14.6 Å². The second-order valence-corrected chi connectivity index (χ2v) is 9.78. The minimum atomic E-state index is -3.05. The largest absolute Gasteiger partial charge is 0.340 e. The Bertz CT molecular complexity index is 511. The zero-order chi connectivity index (χ0) is 15.6. The zero-order valence-electron chi connectivity index (χ0n) is 13.8. The molecular formula is C16H29ClN2O3S. The minimum absolute atomic E-state index is 0. The van der Waals surface area contributed by atoms with E-state index in [1.54, 1.807) is 0 Å². The number of nitrogens with zero attached hydrogens (tertiary/aromatic N) is 1. The van der Waals surface area contributed by atoms with E-state index in [1.165, 1.54) is 0 Å². The summed E-state index contributed by atoms with van der Waals surface area (Å²) in [7, 11) is -3.05. The molecule has 7 heteroatoms. The van der Waals surface area contributed by atoms with Crippen LogP contribution in [0.3, 0.4) is 0 Å². The van der Waals surface area contributed by atoms with Gasteiger partial charge in [0, 0.05) is 19.5 Å². The van der Waals surface area contributed by atoms with E-state index >= 15 is 0 Å². The third-order valence-corrected chi connectivity index (χ3v) is 8.39. The van der Waals surface area contributed by atoms with Gasteiger partial charge in [-0.15, -0.1) is 12.4 Å². The Labute approximate surface area is 145 Å². The lowest BCUT2D eigenvalue weighted by Gasteiger charge is -2.44. The second kappa shape index (κ2) is 7.70. The number of rotatable bonds is 3. The zero-order valence-corrected chi connectivity index (χ0v) is 15.4. The van der Waals surface area contributed by atoms with Gasteiger partial charge in [0.2, 0.25) is 5.91 Å². The van der Waals surface area contributed by atoms with E-state index in [0.717, 1.165) is 58.0 Å². The van der Waals surface area contributed by atoms with Crippen LogP contribution < -0.4 is 5.32 Å². The first-order valence-electron chi connectivity index (χ1n) is 8.73. The summed E-state index contributed by atoms with van der Waals surface area (Å²) in [5, 5.41) is 3.33. The van der Waals surface area contributed by atoms with E-state index in [9.17, 15) is 13.2 Å². The molecule has 2 saturated heterocycles. The Balaban J connectivity index is 0.00000192. The number of hydrogen-bond donors (Lipinski definition) is 1. The number of sulfone groups is 1. The third-order valence-electron chi connectivity index (χ3n) is 5.82. The number of carbonyl (C=O) groups excluding carboxylic acids is 1. The quantitative estimate of drug-likeness (QED) is 0.828. The molecule has 1 saturated carbocycles. The molecule has 1 amide bonds. The van der Waals surface area contributed by atoms with Gasteiger partial charge in [-0.2, -0.15) is 0 Å². The Hall–Kier alpha value is -0.330. The van der Waals surface area contributed by atoms with Crippen molar-refractivity contribution in [1.29, 1.82) is 0 Å². The summed E-state index contributed by atoms with van der Waals surface area (Å²) in [5.74, 6) is 0.928. The Morgan fingerprint density at radius 1 is 1.22 bits per heavy atom. The predicted octanol–water partition coefficient (Wildman–Crippen LogP) is 1.76. The topological polar surface area (TPSA) is 66.5 Å². The molecule has 1 spiro atoms. The molecule has 3 fully saturated rings. The molecule has 1 aliphatic carbocycles. The number of hydrogen-bond acceptors (Lipinski definition) is 4. The van der Waals surface area contributed by atoms with Gasteiger partial charge in [-0.25, -0.2) is 8.42 Å². The first-order chi connectivity index (χ1) is 10.5. The molecule has 1 N–H and O–H groups in total. The first kappa shape index (κ1) is 19.0. The van der Waals surface area contributed by atoms with Gasteiger partial charge in [0.1, 0.15) is 0 Å². The van der Waals surface area contributed by atoms with Gasteiger partial charge in [-0.1, -0.05) is 19.3 Å². The normalized spacial score (nSPS) is 29.2. The number of nitrogens with one attached hydrogen (secondary N) is 1. The summed E-state index contributed by atoms with van der Waals surface area (Å²) >= 11 is 0. The van der Waals surface area contributed by atoms with Crippen LogP contribution in [0.2, 0.25) is 0 Å². The summed E-state index contributed by atoms with van der Waals surface area (Å²) in [6.45, 7) is 2.92. The molecule has 5 nitrogen and oxygen atoms in total. The van der Waals surface area contributed by atoms with Gasteiger partial charge in [-0.05, 0) is 44.7 Å². The van der Waals surface area contributed by atoms with Crippen molar-refractivity contribution < 1.29 is 13.2 Å². The molecule has 0 aromatic heterocycles. The average molecular weight is 365 g/mol. The van der Waals surface area contributed by atoms with E-state index in [2.05, 4.69) is 5.32 Å². The number of carbonyl (C=O) groups is 1. The van der Waals surface area contributed by atoms with Gasteiger partial charge in [0.15, 0.2) is 9.84 Å². The molecule has 0 radical (unpaired) electrons. The minimum Gasteiger partial charge on any atom is -0.340 e. The first-order valence-corrected chi connectivity index (χ1v) is 10.4. The second-order valence-electron chi connectivity index (χ2n) is 7.28. The van der Waals surface area contributed by atoms with Crippen molar-refractivity contribution in [2.75, 3.05) is 31.9 Å². The lowest BCUT2D eigenvalue weighted by Crippen LogP contribution is -2.58. The molecule has 134 valence electrons. The van der Waals surface area contributed by atoms with Crippen molar-refractivity contribution in [3.63, 3.8) is 0 Å². The third kappa shape index (κ3) is 4.02. The van der Waals surface area contributed by atoms with Crippen LogP contribution >= 0.6 is 12.4 Å². The van der Waals surface area contributed by atoms with Gasteiger partial charge in [0.05, 0.1) is 10.5 Å². The molecule has 3 aliphatic rings. The van der Waals surface area contributed by atoms with Crippen LogP contribution in [0, 0.1) is 5.92 Å². The van der Waals surface area contributed by atoms with Crippen molar-refractivity contribution in [2.45, 2.75) is 56.1 Å². The van der Waals surface area contributed by atoms with Crippen LogP contribution in [0.4, 0.5) is 0 Å². The summed E-state index contributed by atoms with van der Waals surface area (Å²) in [6, 6.07) is 0. The standard InChI is InChI=1S/C16H28N2O3S.ClH/c19-15(5-4-14-6-9-17-12-14)18-10-11-22(20,21)16(13-18)7-2-1-3-8-16;/h14,17H,1-13H2;1H. The van der Waals surface area contributed by atoms with Crippen LogP contribution in [0.5, 0.6) is 0 Å². The molecule has 23 heavy (non-hydrogen) atoms. The molecular weight excluding hydrogens is 336 g/mol. The highest BCUT2D eigenvalue weighted by atomic mass is 35.5. The highest BCUT2D eigenvalue weighted by Crippen LogP contribution is 2.38. The summed E-state index contributed by atoms with van der Waals surface area (Å²) in [6.07, 6.45) is 7.23. The lowest BCUT2D eigenvalue weighted by molar-refractivity contribution is -0.132. The Morgan fingerprint density at radius 2 is 1.96 bits per heavy atom. The van der Waals surface area contributed by atoms with E-state index in [0.29, 0.717) is 25.4 Å². The highest BCUT2D eigenvalue weighted by molar-refractivity contribution is 7.92. The maximum Gasteiger partial charge on any atom is 0.222 e. The van der Waals surface area contributed by atoms with E-state index in [1.807, 2.05) is 4.90 Å². The van der Waals surface area contributed by atoms with Crippen LogP contribution in [0.1, 0.15) is 51.4 Å². The number of halogens is 1. The van der Waals surface area contributed by atoms with Crippen molar-refractivity contribution in [1.82, 2.24) is 10.2 Å². The molecule has 2 aliphatic heterocycles. The number of amides is 1. The molecule has 1 atom stereocenters. The smallest absolute Gasteiger partial charge is 0.222 e. The van der Waals surface area contributed by atoms with Crippen LogP contribution in [-0.4, -0.2) is 55.9 Å². The SMILES string of the molecule is Cl.O=C(CCC1CCNC1)N1CCS(=O)(=O)C2(CCCCC2)C1. The van der Waals surface area contributed by atoms with E-state index in [4.69, 9.17) is 0 Å². The van der Waals surface area contributed by atoms with Gasteiger partial charge in [-0.3, -0.25) is 4.79 Å². The van der Waals surface area contributed by atoms with Crippen LogP contribution in [0.25, 0.3) is 0 Å². The van der Waals surface area contributed by atoms with Crippen molar-refractivity contribution in [3.8, 4) is 0 Å². The van der Waals surface area contributed by atoms with Crippen molar-refractivity contribution in [2.24, 2.45) is 5.92 Å². The maximum absolute atomic E-state index is 12.5. The van der Waals surface area contributed by atoms with E-state index in [-0.39, 0.29) is 24.1 Å². The van der Waals surface area contributed by atoms with Crippen molar-refractivity contribution in [3.05, 3.63) is 0 Å². The summed E-state index contributed by atoms with van der Waals surface area (Å²) < 4.78 is 24.5. The monoisotopic (exact) mass is 364 g/mol. The molecule has 2 heterocycles. The van der Waals surface area contributed by atoms with Gasteiger partial charge < -0.3 is 10.2 Å². The Morgan fingerprint density at radius 3 is 2.61 bits per heavy atom. The van der Waals surface area contributed by atoms with Crippen LogP contribution in [-0.2, 0) is 14.6 Å². The highest BCUT2D eigenvalue weighted by Gasteiger charge is 2.48. The lowest BCUT2D eigenvalue weighted by atomic mass is 9.87. The van der Waals surface area contributed by atoms with Crippen LogP contribution in [0.15, 0.2) is 0 Å². The molecule has 1 unspecified atom stereocenters. The molecule has 0 aromatic carbocycles. The fourth-order valence-electron chi connectivity index (χ4n) is 4.30. The predicted molar refractivity (Wildman–Crippen MR) is 93.6 cm³/mol. The maximum atomic E-state index is 12.5. The molecule has 3 rings (SSSR count). The van der Waals surface area contributed by atoms with Crippen molar-refractivity contribution >= 4 is 28.2 Å². The fourth-order valence-corrected chi connectivity index (χ4v) is 6.45. The van der Waals surface area contributed by atoms with Gasteiger partial charge in [0.25, 0.3) is 0 Å². The molecule has 0 aromatic rings. The Kier molecular flexibility index (Phi) is 6.36. The summed E-state index contributed by atoms with van der Waals surface area (Å²) in [5.41, 5.74) is 0. The molecule has 0 bridgehead atoms. The van der Waals surface area contributed by atoms with Gasteiger partial charge >= 0.3 is 0 Å².